The van der Waals surface area contributed by atoms with E-state index >= 15 is 0 Å². The molecule has 1 aliphatic heterocycles. The summed E-state index contributed by atoms with van der Waals surface area (Å²) in [6.45, 7) is 2.08. The van der Waals surface area contributed by atoms with E-state index in [9.17, 15) is 14.4 Å². The molecule has 7 heteroatoms. The summed E-state index contributed by atoms with van der Waals surface area (Å²) in [6, 6.07) is 10.3. The van der Waals surface area contributed by atoms with Gasteiger partial charge in [-0.3, -0.25) is 19.4 Å². The van der Waals surface area contributed by atoms with Gasteiger partial charge < -0.3 is 16.0 Å². The number of hydrogen-bond donors (Lipinski definition) is 2. The molecule has 2 aliphatic rings. The summed E-state index contributed by atoms with van der Waals surface area (Å²) in [5.74, 6) is 0.834. The summed E-state index contributed by atoms with van der Waals surface area (Å²) in [6.07, 6.45) is 7.57. The fourth-order valence-electron chi connectivity index (χ4n) is 4.30. The van der Waals surface area contributed by atoms with Crippen molar-refractivity contribution in [1.82, 2.24) is 15.2 Å². The molecule has 30 heavy (non-hydrogen) atoms. The Morgan fingerprint density at radius 3 is 2.60 bits per heavy atom. The van der Waals surface area contributed by atoms with Crippen molar-refractivity contribution in [3.8, 4) is 0 Å². The number of nitrogens with one attached hydrogen (secondary N) is 1. The highest BCUT2D eigenvalue weighted by atomic mass is 16.2. The summed E-state index contributed by atoms with van der Waals surface area (Å²) in [4.78, 5) is 41.8. The smallest absolute Gasteiger partial charge is 0.253 e. The fourth-order valence-corrected chi connectivity index (χ4v) is 4.30. The Kier molecular flexibility index (Phi) is 5.61. The third-order valence-electron chi connectivity index (χ3n) is 5.94. The van der Waals surface area contributed by atoms with E-state index in [1.165, 1.54) is 6.08 Å². The predicted octanol–water partition coefficient (Wildman–Crippen LogP) is 1.72. The van der Waals surface area contributed by atoms with Crippen LogP contribution in [0.5, 0.6) is 0 Å². The molecule has 2 fully saturated rings. The second-order valence-electron chi connectivity index (χ2n) is 7.85. The van der Waals surface area contributed by atoms with Crippen LogP contribution in [0, 0.1) is 17.8 Å². The molecule has 0 bridgehead atoms. The van der Waals surface area contributed by atoms with Crippen molar-refractivity contribution in [2.75, 3.05) is 19.6 Å². The van der Waals surface area contributed by atoms with Crippen LogP contribution in [-0.2, 0) is 4.79 Å². The summed E-state index contributed by atoms with van der Waals surface area (Å²) in [5, 5.41) is 2.92. The third kappa shape index (κ3) is 4.40. The Hall–Kier alpha value is -3.48. The van der Waals surface area contributed by atoms with Gasteiger partial charge in [0.15, 0.2) is 0 Å². The quantitative estimate of drug-likeness (QED) is 0.686. The number of aromatic nitrogens is 1. The van der Waals surface area contributed by atoms with Crippen molar-refractivity contribution >= 4 is 23.8 Å². The van der Waals surface area contributed by atoms with Crippen LogP contribution < -0.4 is 11.1 Å². The highest BCUT2D eigenvalue weighted by molar-refractivity contribution is 5.99. The molecule has 154 valence electrons. The zero-order valence-corrected chi connectivity index (χ0v) is 16.5. The SMILES string of the molecule is NC(=O)c1cccc(C(=O)N2C[C@@H]3[C@@H](CCNC(=O)/C=C/c4cccnc4)[C@@H]3C2)c1. The van der Waals surface area contributed by atoms with E-state index in [2.05, 4.69) is 10.3 Å². The summed E-state index contributed by atoms with van der Waals surface area (Å²) < 4.78 is 0. The molecular formula is C23H24N4O3. The predicted molar refractivity (Wildman–Crippen MR) is 112 cm³/mol. The number of likely N-dealkylation sites (tertiary alicyclic amines) is 1. The zero-order chi connectivity index (χ0) is 21.1. The van der Waals surface area contributed by atoms with Crippen molar-refractivity contribution in [1.29, 1.82) is 0 Å². The monoisotopic (exact) mass is 404 g/mol. The summed E-state index contributed by atoms with van der Waals surface area (Å²) in [5.41, 5.74) is 7.02. The Morgan fingerprint density at radius 2 is 1.90 bits per heavy atom. The van der Waals surface area contributed by atoms with E-state index in [0.717, 1.165) is 25.1 Å². The van der Waals surface area contributed by atoms with E-state index in [-0.39, 0.29) is 11.8 Å². The maximum atomic E-state index is 12.7. The van der Waals surface area contributed by atoms with Gasteiger partial charge in [0.2, 0.25) is 11.8 Å². The minimum absolute atomic E-state index is 0.0575. The van der Waals surface area contributed by atoms with Crippen LogP contribution in [0.3, 0.4) is 0 Å². The Labute approximate surface area is 175 Å². The molecule has 7 nitrogen and oxygen atoms in total. The van der Waals surface area contributed by atoms with Gasteiger partial charge in [-0.05, 0) is 60.1 Å². The zero-order valence-electron chi connectivity index (χ0n) is 16.5. The van der Waals surface area contributed by atoms with Gasteiger partial charge >= 0.3 is 0 Å². The molecule has 2 aromatic rings. The van der Waals surface area contributed by atoms with E-state index in [4.69, 9.17) is 5.73 Å². The van der Waals surface area contributed by atoms with E-state index in [1.807, 2.05) is 17.0 Å². The van der Waals surface area contributed by atoms with Crippen LogP contribution in [0.15, 0.2) is 54.9 Å². The number of benzene rings is 1. The maximum Gasteiger partial charge on any atom is 0.253 e. The van der Waals surface area contributed by atoms with Gasteiger partial charge in [0, 0.05) is 49.2 Å². The summed E-state index contributed by atoms with van der Waals surface area (Å²) >= 11 is 0. The van der Waals surface area contributed by atoms with Gasteiger partial charge in [0.1, 0.15) is 0 Å². The molecule has 0 spiro atoms. The molecule has 4 rings (SSSR count). The first-order valence-electron chi connectivity index (χ1n) is 10.1. The molecular weight excluding hydrogens is 380 g/mol. The molecule has 1 saturated carbocycles. The average Bonchev–Trinajstić information content (AvgIpc) is 3.20. The van der Waals surface area contributed by atoms with Crippen LogP contribution in [0.1, 0.15) is 32.7 Å². The molecule has 1 aliphatic carbocycles. The molecule has 0 radical (unpaired) electrons. The first kappa shape index (κ1) is 19.8. The highest BCUT2D eigenvalue weighted by Crippen LogP contribution is 2.53. The van der Waals surface area contributed by atoms with Gasteiger partial charge in [-0.1, -0.05) is 12.1 Å². The average molecular weight is 404 g/mol. The molecule has 1 saturated heterocycles. The van der Waals surface area contributed by atoms with Crippen LogP contribution in [0.4, 0.5) is 0 Å². The number of nitrogens with two attached hydrogens (primary N) is 1. The maximum absolute atomic E-state index is 12.7. The second kappa shape index (κ2) is 8.49. The number of hydrogen-bond acceptors (Lipinski definition) is 4. The largest absolute Gasteiger partial charge is 0.366 e. The van der Waals surface area contributed by atoms with Gasteiger partial charge in [0.25, 0.3) is 5.91 Å². The van der Waals surface area contributed by atoms with Crippen molar-refractivity contribution < 1.29 is 14.4 Å². The van der Waals surface area contributed by atoms with Crippen molar-refractivity contribution in [2.45, 2.75) is 6.42 Å². The lowest BCUT2D eigenvalue weighted by Gasteiger charge is -2.20. The number of primary amides is 1. The number of nitrogens with zero attached hydrogens (tertiary/aromatic N) is 2. The van der Waals surface area contributed by atoms with Gasteiger partial charge in [-0.25, -0.2) is 0 Å². The second-order valence-corrected chi connectivity index (χ2v) is 7.85. The highest BCUT2D eigenvalue weighted by Gasteiger charge is 2.55. The molecule has 1 aromatic carbocycles. The third-order valence-corrected chi connectivity index (χ3v) is 5.94. The van der Waals surface area contributed by atoms with Crippen molar-refractivity contribution in [2.24, 2.45) is 23.5 Å². The van der Waals surface area contributed by atoms with Crippen LogP contribution in [0.25, 0.3) is 6.08 Å². The van der Waals surface area contributed by atoms with Crippen LogP contribution in [-0.4, -0.2) is 47.2 Å². The Balaban J connectivity index is 1.20. The molecule has 1 aromatic heterocycles. The Bertz CT molecular complexity index is 977. The standard InChI is InChI=1S/C23H24N4O3/c24-22(29)16-4-1-5-17(11-16)23(30)27-13-19-18(20(19)14-27)8-10-26-21(28)7-6-15-3-2-9-25-12-15/h1-7,9,11-12,18-20H,8,10,13-14H2,(H2,24,29)(H,26,28)/b7-6+/t18-,19-,20+. The number of amides is 3. The molecule has 3 amide bonds. The lowest BCUT2D eigenvalue weighted by molar-refractivity contribution is -0.116. The van der Waals surface area contributed by atoms with E-state index in [1.54, 1.807) is 42.7 Å². The lowest BCUT2D eigenvalue weighted by Crippen LogP contribution is -2.32. The number of fused-ring (bicyclic) bond motifs is 1. The lowest BCUT2D eigenvalue weighted by atomic mass is 10.1. The number of carbonyl (C=O) groups excluding carboxylic acids is 3. The van der Waals surface area contributed by atoms with E-state index < -0.39 is 5.91 Å². The number of rotatable bonds is 7. The molecule has 2 heterocycles. The number of piperidine rings is 1. The fraction of sp³-hybridized carbons (Fsp3) is 0.304. The van der Waals surface area contributed by atoms with Crippen LogP contribution >= 0.6 is 0 Å². The minimum Gasteiger partial charge on any atom is -0.366 e. The molecule has 3 atom stereocenters. The van der Waals surface area contributed by atoms with Crippen molar-refractivity contribution in [3.05, 3.63) is 71.6 Å². The summed E-state index contributed by atoms with van der Waals surface area (Å²) in [7, 11) is 0. The topological polar surface area (TPSA) is 105 Å². The van der Waals surface area contributed by atoms with Crippen molar-refractivity contribution in [3.63, 3.8) is 0 Å². The number of carbonyl (C=O) groups is 3. The minimum atomic E-state index is -0.536. The van der Waals surface area contributed by atoms with Crippen LogP contribution in [0.2, 0.25) is 0 Å². The molecule has 3 N–H and O–H groups in total. The molecule has 0 unspecified atom stereocenters. The van der Waals surface area contributed by atoms with E-state index in [0.29, 0.717) is 35.4 Å². The first-order valence-corrected chi connectivity index (χ1v) is 10.1. The number of pyridine rings is 1. The van der Waals surface area contributed by atoms with Gasteiger partial charge in [-0.2, -0.15) is 0 Å². The van der Waals surface area contributed by atoms with Gasteiger partial charge in [-0.15, -0.1) is 0 Å². The first-order chi connectivity index (χ1) is 14.5. The normalized spacial score (nSPS) is 22.0. The Morgan fingerprint density at radius 1 is 1.13 bits per heavy atom. The van der Waals surface area contributed by atoms with Gasteiger partial charge in [0.05, 0.1) is 0 Å².